The molecular formula is C10H15N7OS2. The number of nitrogens with zero attached hydrogens (tertiary/aromatic N) is 6. The van der Waals surface area contributed by atoms with Crippen LogP contribution in [0.3, 0.4) is 0 Å². The topological polar surface area (TPSA) is 103 Å². The number of ether oxygens (including phenoxy) is 1. The van der Waals surface area contributed by atoms with Gasteiger partial charge in [-0.05, 0) is 18.2 Å². The van der Waals surface area contributed by atoms with Gasteiger partial charge in [-0.3, -0.25) is 0 Å². The average Bonchev–Trinajstić information content (AvgIpc) is 2.84. The summed E-state index contributed by atoms with van der Waals surface area (Å²) < 4.78 is 6.10. The Morgan fingerprint density at radius 3 is 2.70 bits per heavy atom. The molecule has 2 heterocycles. The zero-order chi connectivity index (χ0) is 14.5. The Balaban J connectivity index is 2.13. The Hall–Kier alpha value is -1.68. The second-order valence-electron chi connectivity index (χ2n) is 3.95. The van der Waals surface area contributed by atoms with Gasteiger partial charge in [-0.25, -0.2) is 0 Å². The normalized spacial score (nSPS) is 10.6. The predicted molar refractivity (Wildman–Crippen MR) is 78.4 cm³/mol. The molecule has 0 unspecified atom stereocenters. The maximum absolute atomic E-state index is 5.64. The molecule has 108 valence electrons. The van der Waals surface area contributed by atoms with Crippen LogP contribution in [0.25, 0.3) is 0 Å². The van der Waals surface area contributed by atoms with Crippen LogP contribution in [-0.4, -0.2) is 45.9 Å². The third kappa shape index (κ3) is 3.90. The third-order valence-electron chi connectivity index (χ3n) is 2.00. The zero-order valence-electron chi connectivity index (χ0n) is 11.4. The van der Waals surface area contributed by atoms with E-state index in [0.717, 1.165) is 15.9 Å². The van der Waals surface area contributed by atoms with Crippen LogP contribution in [0.1, 0.15) is 13.3 Å². The lowest BCUT2D eigenvalue weighted by Crippen LogP contribution is -2.07. The van der Waals surface area contributed by atoms with Crippen LogP contribution in [0.5, 0.6) is 6.01 Å². The molecule has 10 heteroatoms. The summed E-state index contributed by atoms with van der Waals surface area (Å²) in [4.78, 5) is 14.1. The van der Waals surface area contributed by atoms with Crippen molar-refractivity contribution in [3.8, 4) is 6.01 Å². The summed E-state index contributed by atoms with van der Waals surface area (Å²) in [6, 6.07) is 0.235. The predicted octanol–water partition coefficient (Wildman–Crippen LogP) is 1.31. The van der Waals surface area contributed by atoms with Crippen LogP contribution in [0.2, 0.25) is 0 Å². The van der Waals surface area contributed by atoms with Crippen molar-refractivity contribution in [3.63, 3.8) is 0 Å². The number of aromatic nitrogens is 5. The summed E-state index contributed by atoms with van der Waals surface area (Å²) in [7, 11) is 3.82. The van der Waals surface area contributed by atoms with Crippen molar-refractivity contribution in [3.05, 3.63) is 0 Å². The fourth-order valence-corrected chi connectivity index (χ4v) is 2.78. The van der Waals surface area contributed by atoms with Crippen molar-refractivity contribution < 1.29 is 4.74 Å². The second kappa shape index (κ2) is 6.66. The minimum absolute atomic E-state index is 0.131. The van der Waals surface area contributed by atoms with Gasteiger partial charge in [0.15, 0.2) is 4.34 Å². The first-order chi connectivity index (χ1) is 9.58. The highest BCUT2D eigenvalue weighted by molar-refractivity contribution is 8.00. The van der Waals surface area contributed by atoms with Crippen molar-refractivity contribution in [1.29, 1.82) is 0 Å². The molecule has 8 nitrogen and oxygen atoms in total. The van der Waals surface area contributed by atoms with Crippen LogP contribution in [0, 0.1) is 0 Å². The Bertz CT molecular complexity index is 574. The highest BCUT2D eigenvalue weighted by Gasteiger charge is 2.12. The lowest BCUT2D eigenvalue weighted by atomic mass is 10.5. The van der Waals surface area contributed by atoms with Gasteiger partial charge in [-0.15, -0.1) is 10.2 Å². The molecule has 0 aromatic carbocycles. The molecule has 2 aromatic heterocycles. The van der Waals surface area contributed by atoms with Crippen molar-refractivity contribution in [2.75, 3.05) is 31.3 Å². The van der Waals surface area contributed by atoms with E-state index in [-0.39, 0.29) is 12.0 Å². The van der Waals surface area contributed by atoms with Gasteiger partial charge in [-0.1, -0.05) is 18.3 Å². The maximum Gasteiger partial charge on any atom is 0.322 e. The number of anilines is 2. The molecule has 0 radical (unpaired) electrons. The smallest absolute Gasteiger partial charge is 0.322 e. The lowest BCUT2D eigenvalue weighted by Gasteiger charge is -2.04. The summed E-state index contributed by atoms with van der Waals surface area (Å²) in [5.41, 5.74) is 5.64. The van der Waals surface area contributed by atoms with Gasteiger partial charge >= 0.3 is 6.01 Å². The molecule has 0 amide bonds. The molecule has 2 N–H and O–H groups in total. The van der Waals surface area contributed by atoms with Gasteiger partial charge in [0.1, 0.15) is 0 Å². The lowest BCUT2D eigenvalue weighted by molar-refractivity contribution is 0.288. The van der Waals surface area contributed by atoms with E-state index in [4.69, 9.17) is 10.5 Å². The van der Waals surface area contributed by atoms with E-state index < -0.39 is 0 Å². The third-order valence-corrected chi connectivity index (χ3v) is 4.01. The van der Waals surface area contributed by atoms with Crippen LogP contribution in [0.15, 0.2) is 9.50 Å². The van der Waals surface area contributed by atoms with Gasteiger partial charge in [0, 0.05) is 14.1 Å². The van der Waals surface area contributed by atoms with Crippen molar-refractivity contribution in [1.82, 2.24) is 25.1 Å². The first-order valence-corrected chi connectivity index (χ1v) is 7.54. The minimum Gasteiger partial charge on any atom is -0.463 e. The van der Waals surface area contributed by atoms with Gasteiger partial charge in [-0.2, -0.15) is 15.0 Å². The van der Waals surface area contributed by atoms with E-state index in [9.17, 15) is 0 Å². The molecule has 20 heavy (non-hydrogen) atoms. The highest BCUT2D eigenvalue weighted by atomic mass is 32.2. The molecule has 0 aliphatic carbocycles. The average molecular weight is 313 g/mol. The number of hydrogen-bond donors (Lipinski definition) is 1. The van der Waals surface area contributed by atoms with Gasteiger partial charge in [0.2, 0.25) is 16.2 Å². The summed E-state index contributed by atoms with van der Waals surface area (Å²) in [5.74, 6) is 0.131. The SMILES string of the molecule is CCCOc1nc(N)nc(Sc2nnc(N(C)C)s2)n1. The summed E-state index contributed by atoms with van der Waals surface area (Å²) in [6.07, 6.45) is 0.872. The Morgan fingerprint density at radius 1 is 1.25 bits per heavy atom. The Labute approximate surface area is 124 Å². The molecule has 0 aliphatic heterocycles. The molecule has 0 spiro atoms. The molecule has 0 atom stereocenters. The van der Waals surface area contributed by atoms with E-state index >= 15 is 0 Å². The van der Waals surface area contributed by atoms with E-state index in [1.165, 1.54) is 23.1 Å². The summed E-state index contributed by atoms with van der Waals surface area (Å²) in [5, 5.41) is 9.37. The van der Waals surface area contributed by atoms with Crippen molar-refractivity contribution in [2.45, 2.75) is 22.8 Å². The highest BCUT2D eigenvalue weighted by Crippen LogP contribution is 2.31. The fraction of sp³-hybridized carbons (Fsp3) is 0.500. The van der Waals surface area contributed by atoms with Gasteiger partial charge < -0.3 is 15.4 Å². The summed E-state index contributed by atoms with van der Waals surface area (Å²) >= 11 is 2.73. The monoisotopic (exact) mass is 313 g/mol. The Morgan fingerprint density at radius 2 is 2.05 bits per heavy atom. The number of nitrogens with two attached hydrogens (primary N) is 1. The zero-order valence-corrected chi connectivity index (χ0v) is 13.0. The van der Waals surface area contributed by atoms with Crippen LogP contribution in [0.4, 0.5) is 11.1 Å². The number of nitrogen functional groups attached to an aromatic ring is 1. The van der Waals surface area contributed by atoms with Crippen LogP contribution >= 0.6 is 23.1 Å². The molecular weight excluding hydrogens is 298 g/mol. The molecule has 0 fully saturated rings. The Kier molecular flexibility index (Phi) is 4.90. The molecule has 2 rings (SSSR count). The first-order valence-electron chi connectivity index (χ1n) is 5.91. The van der Waals surface area contributed by atoms with Crippen LogP contribution < -0.4 is 15.4 Å². The van der Waals surface area contributed by atoms with Crippen molar-refractivity contribution >= 4 is 34.2 Å². The van der Waals surface area contributed by atoms with E-state index in [1.54, 1.807) is 0 Å². The standard InChI is InChI=1S/C10H15N7OS2/c1-4-5-18-7-12-6(11)13-8(14-7)19-10-16-15-9(20-10)17(2)3/h4-5H2,1-3H3,(H2,11,12,13,14). The molecule has 0 bridgehead atoms. The van der Waals surface area contributed by atoms with Crippen LogP contribution in [-0.2, 0) is 0 Å². The molecule has 2 aromatic rings. The van der Waals surface area contributed by atoms with Gasteiger partial charge in [0.05, 0.1) is 6.61 Å². The summed E-state index contributed by atoms with van der Waals surface area (Å²) in [6.45, 7) is 2.54. The van der Waals surface area contributed by atoms with Gasteiger partial charge in [0.25, 0.3) is 0 Å². The van der Waals surface area contributed by atoms with Crippen molar-refractivity contribution in [2.24, 2.45) is 0 Å². The number of rotatable bonds is 6. The largest absolute Gasteiger partial charge is 0.463 e. The quantitative estimate of drug-likeness (QED) is 0.845. The van der Waals surface area contributed by atoms with E-state index in [1.807, 2.05) is 25.9 Å². The minimum atomic E-state index is 0.131. The fourth-order valence-electron chi connectivity index (χ4n) is 1.16. The molecule has 0 saturated carbocycles. The molecule has 0 aliphatic rings. The second-order valence-corrected chi connectivity index (χ2v) is 6.12. The number of hydrogen-bond acceptors (Lipinski definition) is 10. The maximum atomic E-state index is 5.64. The molecule has 0 saturated heterocycles. The van der Waals surface area contributed by atoms with E-state index in [2.05, 4.69) is 25.1 Å². The first kappa shape index (κ1) is 14.7. The van der Waals surface area contributed by atoms with E-state index in [0.29, 0.717) is 11.8 Å².